The fourth-order valence-corrected chi connectivity index (χ4v) is 2.40. The van der Waals surface area contributed by atoms with Crippen molar-refractivity contribution in [1.82, 2.24) is 4.98 Å². The molecule has 3 heteroatoms. The highest BCUT2D eigenvalue weighted by atomic mass is 16.5. The Hall–Kier alpha value is -2.81. The number of hydrogen-bond acceptors (Lipinski definition) is 3. The van der Waals surface area contributed by atoms with Gasteiger partial charge in [0.05, 0.1) is 19.7 Å². The maximum Gasteiger partial charge on any atom is 0.129 e. The molecule has 2 aromatic carbocycles. The molecule has 3 rings (SSSR count). The van der Waals surface area contributed by atoms with E-state index in [4.69, 9.17) is 9.47 Å². The number of rotatable bonds is 4. The summed E-state index contributed by atoms with van der Waals surface area (Å²) in [4.78, 5) is 4.38. The van der Waals surface area contributed by atoms with Crippen LogP contribution in [0.1, 0.15) is 11.1 Å². The molecule has 0 saturated carbocycles. The van der Waals surface area contributed by atoms with Crippen molar-refractivity contribution in [2.45, 2.75) is 0 Å². The molecular formula is C19H17NO2. The summed E-state index contributed by atoms with van der Waals surface area (Å²) in [7, 11) is 3.31. The summed E-state index contributed by atoms with van der Waals surface area (Å²) in [5.41, 5.74) is 3.12. The summed E-state index contributed by atoms with van der Waals surface area (Å²) in [5.74, 6) is 1.57. The van der Waals surface area contributed by atoms with Crippen LogP contribution in [0.5, 0.6) is 11.5 Å². The van der Waals surface area contributed by atoms with Gasteiger partial charge in [0, 0.05) is 23.2 Å². The van der Waals surface area contributed by atoms with Crippen molar-refractivity contribution in [3.05, 3.63) is 65.9 Å². The van der Waals surface area contributed by atoms with Crippen molar-refractivity contribution in [2.24, 2.45) is 0 Å². The lowest BCUT2D eigenvalue weighted by Crippen LogP contribution is -1.89. The minimum Gasteiger partial charge on any atom is -0.497 e. The molecule has 0 aliphatic rings. The third kappa shape index (κ3) is 2.79. The number of ether oxygens (including phenoxy) is 2. The highest BCUT2D eigenvalue weighted by Crippen LogP contribution is 2.27. The van der Waals surface area contributed by atoms with E-state index in [-0.39, 0.29) is 0 Å². The maximum absolute atomic E-state index is 5.42. The predicted octanol–water partition coefficient (Wildman–Crippen LogP) is 4.42. The van der Waals surface area contributed by atoms with Gasteiger partial charge in [-0.25, -0.2) is 0 Å². The molecule has 0 amide bonds. The van der Waals surface area contributed by atoms with Crippen LogP contribution in [0, 0.1) is 0 Å². The highest BCUT2D eigenvalue weighted by Gasteiger charge is 2.03. The van der Waals surface area contributed by atoms with Crippen LogP contribution in [0.15, 0.2) is 54.7 Å². The third-order valence-corrected chi connectivity index (χ3v) is 3.57. The fourth-order valence-electron chi connectivity index (χ4n) is 2.40. The summed E-state index contributed by atoms with van der Waals surface area (Å²) in [6, 6.07) is 15.9. The molecule has 0 N–H and O–H groups in total. The number of pyridine rings is 1. The lowest BCUT2D eigenvalue weighted by molar-refractivity contribution is 0.394. The predicted molar refractivity (Wildman–Crippen MR) is 90.2 cm³/mol. The molecule has 0 saturated heterocycles. The highest BCUT2D eigenvalue weighted by molar-refractivity contribution is 5.90. The van der Waals surface area contributed by atoms with Gasteiger partial charge in [0.1, 0.15) is 11.5 Å². The van der Waals surface area contributed by atoms with Gasteiger partial charge in [-0.3, -0.25) is 4.98 Å². The summed E-state index contributed by atoms with van der Waals surface area (Å²) >= 11 is 0. The molecule has 0 radical (unpaired) electrons. The molecule has 110 valence electrons. The molecule has 1 aromatic heterocycles. The number of aromatic nitrogens is 1. The van der Waals surface area contributed by atoms with Crippen LogP contribution in [0.4, 0.5) is 0 Å². The smallest absolute Gasteiger partial charge is 0.129 e. The van der Waals surface area contributed by atoms with Crippen LogP contribution in [-0.2, 0) is 0 Å². The van der Waals surface area contributed by atoms with Gasteiger partial charge in [-0.2, -0.15) is 0 Å². The summed E-state index contributed by atoms with van der Waals surface area (Å²) in [6.45, 7) is 0. The van der Waals surface area contributed by atoms with Crippen LogP contribution >= 0.6 is 0 Å². The Balaban J connectivity index is 2.00. The van der Waals surface area contributed by atoms with Crippen molar-refractivity contribution < 1.29 is 9.47 Å². The first-order chi connectivity index (χ1) is 10.8. The lowest BCUT2D eigenvalue weighted by Gasteiger charge is -2.07. The summed E-state index contributed by atoms with van der Waals surface area (Å²) < 4.78 is 10.6. The van der Waals surface area contributed by atoms with E-state index in [1.165, 1.54) is 0 Å². The van der Waals surface area contributed by atoms with E-state index in [9.17, 15) is 0 Å². The Kier molecular flexibility index (Phi) is 4.05. The third-order valence-electron chi connectivity index (χ3n) is 3.57. The topological polar surface area (TPSA) is 31.4 Å². The van der Waals surface area contributed by atoms with Gasteiger partial charge < -0.3 is 9.47 Å². The molecule has 3 aromatic rings. The molecule has 0 aliphatic carbocycles. The van der Waals surface area contributed by atoms with E-state index in [1.54, 1.807) is 14.2 Å². The van der Waals surface area contributed by atoms with Crippen molar-refractivity contribution in [3.63, 3.8) is 0 Å². The van der Waals surface area contributed by atoms with Crippen LogP contribution in [-0.4, -0.2) is 19.2 Å². The zero-order chi connectivity index (χ0) is 15.4. The monoisotopic (exact) mass is 291 g/mol. The van der Waals surface area contributed by atoms with Crippen LogP contribution in [0.2, 0.25) is 0 Å². The van der Waals surface area contributed by atoms with Gasteiger partial charge in [0.2, 0.25) is 0 Å². The van der Waals surface area contributed by atoms with Crippen molar-refractivity contribution in [1.29, 1.82) is 0 Å². The van der Waals surface area contributed by atoms with Crippen molar-refractivity contribution >= 4 is 23.1 Å². The Morgan fingerprint density at radius 3 is 2.50 bits per heavy atom. The second kappa shape index (κ2) is 6.31. The molecule has 22 heavy (non-hydrogen) atoms. The molecule has 0 fully saturated rings. The second-order valence-corrected chi connectivity index (χ2v) is 4.86. The minimum atomic E-state index is 0.781. The fraction of sp³-hybridized carbons (Fsp3) is 0.105. The van der Waals surface area contributed by atoms with Crippen LogP contribution in [0.25, 0.3) is 23.1 Å². The lowest BCUT2D eigenvalue weighted by atomic mass is 10.1. The number of methoxy groups -OCH3 is 2. The average molecular weight is 291 g/mol. The number of hydrogen-bond donors (Lipinski definition) is 0. The second-order valence-electron chi connectivity index (χ2n) is 4.86. The first kappa shape index (κ1) is 14.1. The van der Waals surface area contributed by atoms with Gasteiger partial charge in [0.15, 0.2) is 0 Å². The van der Waals surface area contributed by atoms with E-state index in [2.05, 4.69) is 17.1 Å². The number of benzene rings is 2. The van der Waals surface area contributed by atoms with Gasteiger partial charge in [-0.05, 0) is 29.8 Å². The van der Waals surface area contributed by atoms with E-state index in [1.807, 2.05) is 54.7 Å². The Morgan fingerprint density at radius 1 is 0.864 bits per heavy atom. The molecule has 3 nitrogen and oxygen atoms in total. The molecule has 0 spiro atoms. The van der Waals surface area contributed by atoms with Gasteiger partial charge in [-0.1, -0.05) is 30.4 Å². The van der Waals surface area contributed by atoms with Crippen LogP contribution < -0.4 is 9.47 Å². The first-order valence-corrected chi connectivity index (χ1v) is 7.05. The van der Waals surface area contributed by atoms with Crippen molar-refractivity contribution in [2.75, 3.05) is 14.2 Å². The number of para-hydroxylation sites is 1. The van der Waals surface area contributed by atoms with E-state index in [0.29, 0.717) is 0 Å². The number of fused-ring (bicyclic) bond motifs is 1. The molecule has 0 bridgehead atoms. The first-order valence-electron chi connectivity index (χ1n) is 7.05. The quantitative estimate of drug-likeness (QED) is 0.713. The molecule has 0 unspecified atom stereocenters. The van der Waals surface area contributed by atoms with Gasteiger partial charge in [0.25, 0.3) is 0 Å². The number of nitrogens with zero attached hydrogens (tertiary/aromatic N) is 1. The van der Waals surface area contributed by atoms with E-state index in [0.717, 1.165) is 33.5 Å². The Morgan fingerprint density at radius 2 is 1.68 bits per heavy atom. The van der Waals surface area contributed by atoms with Gasteiger partial charge in [-0.15, -0.1) is 0 Å². The average Bonchev–Trinajstić information content (AvgIpc) is 2.59. The largest absolute Gasteiger partial charge is 0.497 e. The zero-order valence-corrected chi connectivity index (χ0v) is 12.6. The maximum atomic E-state index is 5.42. The normalized spacial score (nSPS) is 11.0. The zero-order valence-electron chi connectivity index (χ0n) is 12.6. The van der Waals surface area contributed by atoms with Crippen LogP contribution in [0.3, 0.4) is 0 Å². The van der Waals surface area contributed by atoms with Crippen molar-refractivity contribution in [3.8, 4) is 11.5 Å². The summed E-state index contributed by atoms with van der Waals surface area (Å²) in [6.07, 6.45) is 5.95. The van der Waals surface area contributed by atoms with E-state index >= 15 is 0 Å². The van der Waals surface area contributed by atoms with Gasteiger partial charge >= 0.3 is 0 Å². The summed E-state index contributed by atoms with van der Waals surface area (Å²) in [5, 5.41) is 1.13. The Labute approximate surface area is 129 Å². The molecular weight excluding hydrogens is 274 g/mol. The molecule has 1 heterocycles. The molecule has 0 aliphatic heterocycles. The SMILES string of the molecule is COc1ccc(/C=C\c2ccnc3ccccc23)c(OC)c1. The molecule has 0 atom stereocenters. The minimum absolute atomic E-state index is 0.781. The van der Waals surface area contributed by atoms with E-state index < -0.39 is 0 Å². The Bertz CT molecular complexity index is 819. The standard InChI is InChI=1S/C19H17NO2/c1-21-16-10-9-15(19(13-16)22-2)8-7-14-11-12-20-18-6-4-3-5-17(14)18/h3-13H,1-2H3/b8-7-.